The van der Waals surface area contributed by atoms with Crippen molar-refractivity contribution in [3.8, 4) is 10.6 Å². The van der Waals surface area contributed by atoms with Gasteiger partial charge in [0.25, 0.3) is 0 Å². The van der Waals surface area contributed by atoms with Crippen LogP contribution >= 0.6 is 22.7 Å². The topological polar surface area (TPSA) is 51.7 Å². The molecule has 5 nitrogen and oxygen atoms in total. The minimum atomic E-state index is -0.427. The summed E-state index contributed by atoms with van der Waals surface area (Å²) >= 11 is 3.25. The molecule has 2 fully saturated rings. The molecule has 0 unspecified atom stereocenters. The van der Waals surface area contributed by atoms with Crippen LogP contribution in [-0.2, 0) is 20.7 Å². The third-order valence-electron chi connectivity index (χ3n) is 4.34. The van der Waals surface area contributed by atoms with Gasteiger partial charge < -0.3 is 14.4 Å². The normalized spacial score (nSPS) is 20.3. The fourth-order valence-electron chi connectivity index (χ4n) is 3.06. The summed E-state index contributed by atoms with van der Waals surface area (Å²) in [5.41, 5.74) is 1.99. The Kier molecular flexibility index (Phi) is 4.19. The van der Waals surface area contributed by atoms with Crippen molar-refractivity contribution in [2.75, 3.05) is 26.3 Å². The van der Waals surface area contributed by atoms with Gasteiger partial charge in [-0.3, -0.25) is 4.79 Å². The molecule has 0 radical (unpaired) electrons. The Morgan fingerprint density at radius 2 is 2.04 bits per heavy atom. The molecule has 2 aliphatic heterocycles. The van der Waals surface area contributed by atoms with Crippen LogP contribution in [0.2, 0.25) is 0 Å². The van der Waals surface area contributed by atoms with E-state index in [1.165, 1.54) is 0 Å². The second-order valence-corrected chi connectivity index (χ2v) is 7.46. The Hall–Kier alpha value is -1.28. The monoisotopic (exact) mass is 350 g/mol. The first-order valence-electron chi connectivity index (χ1n) is 7.77. The predicted molar refractivity (Wildman–Crippen MR) is 89.6 cm³/mol. The van der Waals surface area contributed by atoms with Gasteiger partial charge in [0.2, 0.25) is 5.91 Å². The number of nitrogens with zero attached hydrogens (tertiary/aromatic N) is 2. The van der Waals surface area contributed by atoms with E-state index in [1.807, 2.05) is 15.7 Å². The largest absolute Gasteiger partial charge is 0.347 e. The standard InChI is InChI=1S/C16H18N2O3S2/c19-14(18-4-2-16(3-5-18)20-6-7-21-16)9-13-11-23-15(17-13)12-1-8-22-10-12/h1,8,10-11H,2-7,9H2. The zero-order valence-electron chi connectivity index (χ0n) is 12.7. The van der Waals surface area contributed by atoms with E-state index in [0.717, 1.165) is 29.1 Å². The molecule has 0 atom stereocenters. The summed E-state index contributed by atoms with van der Waals surface area (Å²) in [6.45, 7) is 2.72. The minimum absolute atomic E-state index is 0.139. The number of ether oxygens (including phenoxy) is 2. The fourth-order valence-corrected chi connectivity index (χ4v) is 4.59. The van der Waals surface area contributed by atoms with Crippen molar-refractivity contribution >= 4 is 28.6 Å². The maximum absolute atomic E-state index is 12.5. The highest BCUT2D eigenvalue weighted by atomic mass is 32.1. The third kappa shape index (κ3) is 3.19. The van der Waals surface area contributed by atoms with Gasteiger partial charge in [0.1, 0.15) is 5.01 Å². The summed E-state index contributed by atoms with van der Waals surface area (Å²) in [5.74, 6) is -0.288. The highest BCUT2D eigenvalue weighted by Crippen LogP contribution is 2.31. The van der Waals surface area contributed by atoms with Crippen molar-refractivity contribution in [1.82, 2.24) is 9.88 Å². The second-order valence-electron chi connectivity index (χ2n) is 5.82. The van der Waals surface area contributed by atoms with E-state index in [0.29, 0.717) is 32.7 Å². The number of hydrogen-bond acceptors (Lipinski definition) is 6. The molecule has 1 spiro atoms. The zero-order valence-corrected chi connectivity index (χ0v) is 14.3. The van der Waals surface area contributed by atoms with Crippen LogP contribution in [0.4, 0.5) is 0 Å². The Morgan fingerprint density at radius 1 is 1.26 bits per heavy atom. The van der Waals surface area contributed by atoms with Gasteiger partial charge in [-0.05, 0) is 11.4 Å². The van der Waals surface area contributed by atoms with Crippen molar-refractivity contribution in [2.45, 2.75) is 25.0 Å². The highest BCUT2D eigenvalue weighted by Gasteiger charge is 2.40. The number of amides is 1. The lowest BCUT2D eigenvalue weighted by molar-refractivity contribution is -0.187. The van der Waals surface area contributed by atoms with Crippen molar-refractivity contribution in [3.63, 3.8) is 0 Å². The number of likely N-dealkylation sites (tertiary alicyclic amines) is 1. The molecule has 0 saturated carbocycles. The van der Waals surface area contributed by atoms with Gasteiger partial charge in [-0.15, -0.1) is 11.3 Å². The molecule has 23 heavy (non-hydrogen) atoms. The van der Waals surface area contributed by atoms with E-state index < -0.39 is 5.79 Å². The van der Waals surface area contributed by atoms with Crippen molar-refractivity contribution in [1.29, 1.82) is 0 Å². The molecule has 7 heteroatoms. The first-order valence-corrected chi connectivity index (χ1v) is 9.59. The van der Waals surface area contributed by atoms with Gasteiger partial charge >= 0.3 is 0 Å². The maximum Gasteiger partial charge on any atom is 0.228 e. The molecule has 4 heterocycles. The van der Waals surface area contributed by atoms with Crippen molar-refractivity contribution in [3.05, 3.63) is 27.9 Å². The van der Waals surface area contributed by atoms with Gasteiger partial charge in [0.15, 0.2) is 5.79 Å². The van der Waals surface area contributed by atoms with Crippen LogP contribution in [-0.4, -0.2) is 47.9 Å². The molecule has 2 aromatic rings. The minimum Gasteiger partial charge on any atom is -0.347 e. The van der Waals surface area contributed by atoms with E-state index in [9.17, 15) is 4.79 Å². The smallest absolute Gasteiger partial charge is 0.228 e. The molecule has 0 bridgehead atoms. The molecule has 2 saturated heterocycles. The van der Waals surface area contributed by atoms with Gasteiger partial charge in [0.05, 0.1) is 25.3 Å². The van der Waals surface area contributed by atoms with Crippen LogP contribution in [0.1, 0.15) is 18.5 Å². The highest BCUT2D eigenvalue weighted by molar-refractivity contribution is 7.14. The lowest BCUT2D eigenvalue weighted by Gasteiger charge is -2.37. The molecule has 2 aromatic heterocycles. The Morgan fingerprint density at radius 3 is 2.74 bits per heavy atom. The van der Waals surface area contributed by atoms with Crippen LogP contribution in [0, 0.1) is 0 Å². The van der Waals surface area contributed by atoms with E-state index >= 15 is 0 Å². The molecule has 4 rings (SSSR count). The quantitative estimate of drug-likeness (QED) is 0.854. The first kappa shape index (κ1) is 15.3. The lowest BCUT2D eigenvalue weighted by atomic mass is 10.0. The van der Waals surface area contributed by atoms with Gasteiger partial charge in [0, 0.05) is 42.3 Å². The van der Waals surface area contributed by atoms with Gasteiger partial charge in [-0.25, -0.2) is 4.98 Å². The Labute approximate surface area is 142 Å². The zero-order chi connectivity index (χ0) is 15.7. The first-order chi connectivity index (χ1) is 11.2. The molecular formula is C16H18N2O3S2. The van der Waals surface area contributed by atoms with Gasteiger partial charge in [-0.1, -0.05) is 0 Å². The Balaban J connectivity index is 1.35. The number of carbonyl (C=O) groups excluding carboxylic acids is 1. The summed E-state index contributed by atoms with van der Waals surface area (Å²) in [4.78, 5) is 19.0. The third-order valence-corrected chi connectivity index (χ3v) is 5.97. The summed E-state index contributed by atoms with van der Waals surface area (Å²) in [6.07, 6.45) is 1.89. The van der Waals surface area contributed by atoms with Crippen molar-refractivity contribution in [2.24, 2.45) is 0 Å². The SMILES string of the molecule is O=C(Cc1csc(-c2ccsc2)n1)N1CCC2(CC1)OCCO2. The molecule has 0 aromatic carbocycles. The van der Waals surface area contributed by atoms with E-state index in [2.05, 4.69) is 16.4 Å². The average molecular weight is 350 g/mol. The number of thiophene rings is 1. The van der Waals surface area contributed by atoms with Crippen LogP contribution < -0.4 is 0 Å². The fraction of sp³-hybridized carbons (Fsp3) is 0.500. The lowest BCUT2D eigenvalue weighted by Crippen LogP contribution is -2.47. The summed E-state index contributed by atoms with van der Waals surface area (Å²) in [5, 5.41) is 7.09. The maximum atomic E-state index is 12.5. The van der Waals surface area contributed by atoms with Crippen LogP contribution in [0.5, 0.6) is 0 Å². The number of rotatable bonds is 3. The number of aromatic nitrogens is 1. The van der Waals surface area contributed by atoms with Crippen LogP contribution in [0.15, 0.2) is 22.2 Å². The van der Waals surface area contributed by atoms with E-state index in [1.54, 1.807) is 22.7 Å². The summed E-state index contributed by atoms with van der Waals surface area (Å²) in [7, 11) is 0. The Bertz CT molecular complexity index is 667. The molecule has 2 aliphatic rings. The van der Waals surface area contributed by atoms with Crippen LogP contribution in [0.25, 0.3) is 10.6 Å². The molecule has 1 amide bonds. The van der Waals surface area contributed by atoms with E-state index in [4.69, 9.17) is 9.47 Å². The average Bonchev–Trinajstić information content (AvgIpc) is 3.29. The summed E-state index contributed by atoms with van der Waals surface area (Å²) in [6, 6.07) is 2.06. The molecule has 122 valence electrons. The number of piperidine rings is 1. The predicted octanol–water partition coefficient (Wildman–Crippen LogP) is 2.78. The number of hydrogen-bond donors (Lipinski definition) is 0. The second kappa shape index (κ2) is 6.32. The molecular weight excluding hydrogens is 332 g/mol. The molecule has 0 aliphatic carbocycles. The van der Waals surface area contributed by atoms with E-state index in [-0.39, 0.29) is 5.91 Å². The number of thiazole rings is 1. The van der Waals surface area contributed by atoms with Crippen molar-refractivity contribution < 1.29 is 14.3 Å². The van der Waals surface area contributed by atoms with Crippen LogP contribution in [0.3, 0.4) is 0 Å². The van der Waals surface area contributed by atoms with Gasteiger partial charge in [-0.2, -0.15) is 11.3 Å². The molecule has 0 N–H and O–H groups in total. The number of carbonyl (C=O) groups is 1. The summed E-state index contributed by atoms with van der Waals surface area (Å²) < 4.78 is 11.4.